The van der Waals surface area contributed by atoms with Crippen LogP contribution in [0.15, 0.2) is 72.8 Å². The van der Waals surface area contributed by atoms with Crippen molar-refractivity contribution in [2.45, 2.75) is 6.92 Å². The number of ether oxygens (including phenoxy) is 2. The van der Waals surface area contributed by atoms with Crippen LogP contribution in [0.4, 0.5) is 5.69 Å². The Hall–Kier alpha value is -3.84. The number of hydrogen-bond donors (Lipinski definition) is 0. The quantitative estimate of drug-likeness (QED) is 0.374. The molecule has 1 fully saturated rings. The van der Waals surface area contributed by atoms with Crippen molar-refractivity contribution < 1.29 is 23.9 Å². The van der Waals surface area contributed by atoms with Gasteiger partial charge in [0.1, 0.15) is 5.75 Å². The molecule has 1 saturated heterocycles. The summed E-state index contributed by atoms with van der Waals surface area (Å²) in [5.74, 6) is -0.669. The van der Waals surface area contributed by atoms with Gasteiger partial charge in [-0.05, 0) is 53.6 Å². The number of amides is 1. The lowest BCUT2D eigenvalue weighted by Gasteiger charge is -2.36. The van der Waals surface area contributed by atoms with E-state index in [9.17, 15) is 14.4 Å². The molecule has 0 bridgehead atoms. The molecule has 1 amide bonds. The molecule has 1 aliphatic heterocycles. The highest BCUT2D eigenvalue weighted by atomic mass is 35.5. The predicted octanol–water partition coefficient (Wildman–Crippen LogP) is 4.44. The summed E-state index contributed by atoms with van der Waals surface area (Å²) >= 11 is 6.07. The number of esters is 2. The minimum atomic E-state index is -0.548. The zero-order valence-electron chi connectivity index (χ0n) is 19.3. The minimum Gasteiger partial charge on any atom is -0.452 e. The van der Waals surface area contributed by atoms with Crippen molar-refractivity contribution >= 4 is 35.1 Å². The number of halogens is 1. The zero-order chi connectivity index (χ0) is 24.8. The molecular formula is C27H25ClN2O5. The molecule has 0 aromatic heterocycles. The Morgan fingerprint density at radius 1 is 0.857 bits per heavy atom. The minimum absolute atomic E-state index is 0.214. The first kappa shape index (κ1) is 24.3. The van der Waals surface area contributed by atoms with Crippen LogP contribution in [-0.4, -0.2) is 55.5 Å². The fourth-order valence-electron chi connectivity index (χ4n) is 3.87. The van der Waals surface area contributed by atoms with Crippen LogP contribution in [0.3, 0.4) is 0 Å². The van der Waals surface area contributed by atoms with Gasteiger partial charge in [-0.25, -0.2) is 4.79 Å². The summed E-state index contributed by atoms with van der Waals surface area (Å²) in [5.41, 5.74) is 3.20. The Balaban J connectivity index is 1.26. The third-order valence-electron chi connectivity index (χ3n) is 5.70. The van der Waals surface area contributed by atoms with Crippen LogP contribution in [0.2, 0.25) is 5.02 Å². The van der Waals surface area contributed by atoms with Crippen molar-refractivity contribution in [1.82, 2.24) is 4.90 Å². The summed E-state index contributed by atoms with van der Waals surface area (Å²) in [6.45, 7) is 3.52. The molecular weight excluding hydrogens is 468 g/mol. The van der Waals surface area contributed by atoms with Gasteiger partial charge in [-0.2, -0.15) is 0 Å². The van der Waals surface area contributed by atoms with E-state index in [0.717, 1.165) is 16.8 Å². The maximum atomic E-state index is 12.5. The van der Waals surface area contributed by atoms with Crippen molar-refractivity contribution in [2.24, 2.45) is 0 Å². The number of rotatable bonds is 6. The molecule has 0 aliphatic carbocycles. The van der Waals surface area contributed by atoms with E-state index >= 15 is 0 Å². The van der Waals surface area contributed by atoms with Gasteiger partial charge in [0, 0.05) is 43.8 Å². The number of piperazine rings is 1. The van der Waals surface area contributed by atoms with Gasteiger partial charge in [0.05, 0.1) is 5.56 Å². The van der Waals surface area contributed by atoms with Crippen molar-refractivity contribution in [3.63, 3.8) is 0 Å². The van der Waals surface area contributed by atoms with Crippen LogP contribution >= 0.6 is 11.6 Å². The average molecular weight is 493 g/mol. The van der Waals surface area contributed by atoms with Crippen molar-refractivity contribution in [1.29, 1.82) is 0 Å². The predicted molar refractivity (Wildman–Crippen MR) is 134 cm³/mol. The number of nitrogens with zero attached hydrogens (tertiary/aromatic N) is 2. The molecule has 0 radical (unpaired) electrons. The van der Waals surface area contributed by atoms with E-state index in [1.165, 1.54) is 6.92 Å². The molecule has 4 rings (SSSR count). The van der Waals surface area contributed by atoms with Crippen LogP contribution in [0.5, 0.6) is 5.75 Å². The van der Waals surface area contributed by atoms with E-state index in [0.29, 0.717) is 42.5 Å². The van der Waals surface area contributed by atoms with Gasteiger partial charge in [-0.1, -0.05) is 41.9 Å². The molecule has 0 unspecified atom stereocenters. The highest BCUT2D eigenvalue weighted by molar-refractivity contribution is 6.30. The van der Waals surface area contributed by atoms with E-state index in [-0.39, 0.29) is 18.5 Å². The monoisotopic (exact) mass is 492 g/mol. The third-order valence-corrected chi connectivity index (χ3v) is 5.94. The molecule has 0 atom stereocenters. The van der Waals surface area contributed by atoms with Gasteiger partial charge < -0.3 is 19.3 Å². The Morgan fingerprint density at radius 2 is 1.49 bits per heavy atom. The molecule has 1 aliphatic rings. The largest absolute Gasteiger partial charge is 0.452 e. The average Bonchev–Trinajstić information content (AvgIpc) is 2.87. The van der Waals surface area contributed by atoms with Gasteiger partial charge in [0.15, 0.2) is 6.61 Å². The van der Waals surface area contributed by atoms with E-state index in [1.54, 1.807) is 41.3 Å². The molecule has 0 saturated carbocycles. The number of carbonyl (C=O) groups excluding carboxylic acids is 3. The molecule has 8 heteroatoms. The molecule has 0 N–H and O–H groups in total. The van der Waals surface area contributed by atoms with Gasteiger partial charge in [-0.15, -0.1) is 0 Å². The summed E-state index contributed by atoms with van der Waals surface area (Å²) in [4.78, 5) is 39.9. The first-order valence-electron chi connectivity index (χ1n) is 11.2. The van der Waals surface area contributed by atoms with Crippen LogP contribution in [0, 0.1) is 0 Å². The highest BCUT2D eigenvalue weighted by Crippen LogP contribution is 2.24. The second-order valence-corrected chi connectivity index (χ2v) is 8.56. The first-order chi connectivity index (χ1) is 16.9. The zero-order valence-corrected chi connectivity index (χ0v) is 20.0. The Morgan fingerprint density at radius 3 is 2.09 bits per heavy atom. The van der Waals surface area contributed by atoms with Crippen molar-refractivity contribution in [3.8, 4) is 16.9 Å². The Labute approximate surface area is 208 Å². The molecule has 35 heavy (non-hydrogen) atoms. The highest BCUT2D eigenvalue weighted by Gasteiger charge is 2.22. The Kier molecular flexibility index (Phi) is 7.67. The van der Waals surface area contributed by atoms with E-state index in [4.69, 9.17) is 21.1 Å². The third kappa shape index (κ3) is 6.39. The lowest BCUT2D eigenvalue weighted by Crippen LogP contribution is -2.49. The van der Waals surface area contributed by atoms with Gasteiger partial charge in [-0.3, -0.25) is 9.59 Å². The van der Waals surface area contributed by atoms with Crippen molar-refractivity contribution in [2.75, 3.05) is 37.7 Å². The number of benzene rings is 3. The second kappa shape index (κ2) is 11.1. The second-order valence-electron chi connectivity index (χ2n) is 8.12. The van der Waals surface area contributed by atoms with E-state index < -0.39 is 5.97 Å². The summed E-state index contributed by atoms with van der Waals surface area (Å²) in [7, 11) is 0. The number of hydrogen-bond acceptors (Lipinski definition) is 6. The SMILES string of the molecule is CC(=O)Oc1ccc(-c2ccc(C(=O)OCC(=O)N3CCN(c4cccc(Cl)c4)CC3)cc2)cc1. The summed E-state index contributed by atoms with van der Waals surface area (Å²) in [5, 5.41) is 0.679. The number of anilines is 1. The van der Waals surface area contributed by atoms with E-state index in [1.807, 2.05) is 36.4 Å². The maximum absolute atomic E-state index is 12.5. The molecule has 3 aromatic rings. The Bertz CT molecular complexity index is 1200. The molecule has 1 heterocycles. The molecule has 3 aromatic carbocycles. The number of carbonyl (C=O) groups is 3. The van der Waals surface area contributed by atoms with Crippen LogP contribution in [0.25, 0.3) is 11.1 Å². The van der Waals surface area contributed by atoms with Gasteiger partial charge in [0.2, 0.25) is 0 Å². The summed E-state index contributed by atoms with van der Waals surface area (Å²) < 4.78 is 10.3. The first-order valence-corrected chi connectivity index (χ1v) is 11.6. The lowest BCUT2D eigenvalue weighted by molar-refractivity contribution is -0.135. The fraction of sp³-hybridized carbons (Fsp3) is 0.222. The smallest absolute Gasteiger partial charge is 0.338 e. The van der Waals surface area contributed by atoms with Crippen LogP contribution in [0.1, 0.15) is 17.3 Å². The topological polar surface area (TPSA) is 76.2 Å². The normalized spacial score (nSPS) is 13.3. The summed E-state index contributed by atoms with van der Waals surface area (Å²) in [6.07, 6.45) is 0. The lowest BCUT2D eigenvalue weighted by atomic mass is 10.0. The van der Waals surface area contributed by atoms with E-state index in [2.05, 4.69) is 4.90 Å². The standard InChI is InChI=1S/C27H25ClN2O5/c1-19(31)35-25-11-9-21(10-12-25)20-5-7-22(8-6-20)27(33)34-18-26(32)30-15-13-29(14-16-30)24-4-2-3-23(28)17-24/h2-12,17H,13-16,18H2,1H3. The van der Waals surface area contributed by atoms with Crippen LogP contribution < -0.4 is 9.64 Å². The van der Waals surface area contributed by atoms with Crippen molar-refractivity contribution in [3.05, 3.63) is 83.4 Å². The van der Waals surface area contributed by atoms with Gasteiger partial charge >= 0.3 is 11.9 Å². The van der Waals surface area contributed by atoms with Gasteiger partial charge in [0.25, 0.3) is 5.91 Å². The molecule has 0 spiro atoms. The maximum Gasteiger partial charge on any atom is 0.338 e. The van der Waals surface area contributed by atoms with Crippen LogP contribution in [-0.2, 0) is 14.3 Å². The fourth-order valence-corrected chi connectivity index (χ4v) is 4.05. The summed E-state index contributed by atoms with van der Waals surface area (Å²) in [6, 6.07) is 21.6. The molecule has 180 valence electrons. The molecule has 7 nitrogen and oxygen atoms in total.